The molecule has 1 unspecified atom stereocenters. The molecule has 1 aliphatic heterocycles. The molecule has 4 nitrogen and oxygen atoms in total. The van der Waals surface area contributed by atoms with Gasteiger partial charge in [0.25, 0.3) is 0 Å². The van der Waals surface area contributed by atoms with Crippen LogP contribution in [-0.2, 0) is 6.54 Å². The van der Waals surface area contributed by atoms with Crippen LogP contribution in [0.2, 0.25) is 0 Å². The summed E-state index contributed by atoms with van der Waals surface area (Å²) >= 11 is 0. The summed E-state index contributed by atoms with van der Waals surface area (Å²) in [6, 6.07) is 0. The second-order valence-corrected chi connectivity index (χ2v) is 3.21. The van der Waals surface area contributed by atoms with Crippen molar-refractivity contribution in [2.75, 3.05) is 13.1 Å². The van der Waals surface area contributed by atoms with E-state index in [1.54, 1.807) is 17.2 Å². The number of alkyl halides is 1. The maximum absolute atomic E-state index is 13.7. The second kappa shape index (κ2) is 2.82. The first kappa shape index (κ1) is 7.67. The fraction of sp³-hybridized carbons (Fsp3) is 0.714. The number of aromatic nitrogens is 3. The van der Waals surface area contributed by atoms with Crippen molar-refractivity contribution in [3.05, 3.63) is 12.7 Å². The quantitative estimate of drug-likeness (QED) is 0.678. The summed E-state index contributed by atoms with van der Waals surface area (Å²) in [5.74, 6) is 0. The molecule has 0 aliphatic carbocycles. The SMILES string of the molecule is FC1(Cn2cnnc2)CCNC1. The van der Waals surface area contributed by atoms with Gasteiger partial charge in [-0.05, 0) is 13.0 Å². The van der Waals surface area contributed by atoms with Crippen molar-refractivity contribution >= 4 is 0 Å². The van der Waals surface area contributed by atoms with Crippen molar-refractivity contribution in [2.45, 2.75) is 18.6 Å². The van der Waals surface area contributed by atoms with Gasteiger partial charge in [-0.3, -0.25) is 0 Å². The van der Waals surface area contributed by atoms with Gasteiger partial charge in [-0.1, -0.05) is 0 Å². The Bertz CT molecular complexity index is 240. The van der Waals surface area contributed by atoms with Crippen LogP contribution in [0.3, 0.4) is 0 Å². The van der Waals surface area contributed by atoms with E-state index in [4.69, 9.17) is 0 Å². The number of halogens is 1. The average Bonchev–Trinajstić information content (AvgIpc) is 2.62. The Hall–Kier alpha value is -0.970. The van der Waals surface area contributed by atoms with Gasteiger partial charge < -0.3 is 9.88 Å². The lowest BCUT2D eigenvalue weighted by molar-refractivity contribution is 0.162. The Morgan fingerprint density at radius 2 is 2.25 bits per heavy atom. The van der Waals surface area contributed by atoms with E-state index in [1.807, 2.05) is 0 Å². The molecule has 1 aliphatic rings. The lowest BCUT2D eigenvalue weighted by Crippen LogP contribution is -2.31. The van der Waals surface area contributed by atoms with E-state index < -0.39 is 5.67 Å². The van der Waals surface area contributed by atoms with Crippen LogP contribution in [0.4, 0.5) is 4.39 Å². The largest absolute Gasteiger partial charge is 0.317 e. The van der Waals surface area contributed by atoms with E-state index in [0.29, 0.717) is 19.5 Å². The summed E-state index contributed by atoms with van der Waals surface area (Å²) in [6.45, 7) is 1.55. The van der Waals surface area contributed by atoms with Crippen molar-refractivity contribution in [1.29, 1.82) is 0 Å². The van der Waals surface area contributed by atoms with Crippen LogP contribution in [0.25, 0.3) is 0 Å². The molecule has 1 N–H and O–H groups in total. The van der Waals surface area contributed by atoms with Crippen molar-refractivity contribution in [1.82, 2.24) is 20.1 Å². The standard InChI is InChI=1S/C7H11FN4/c8-7(1-2-9-3-7)4-12-5-10-11-6-12/h5-6,9H,1-4H2. The van der Waals surface area contributed by atoms with Crippen LogP contribution in [-0.4, -0.2) is 33.5 Å². The topological polar surface area (TPSA) is 42.7 Å². The highest BCUT2D eigenvalue weighted by atomic mass is 19.1. The third-order valence-electron chi connectivity index (χ3n) is 2.12. The van der Waals surface area contributed by atoms with Crippen LogP contribution < -0.4 is 5.32 Å². The molecule has 0 aromatic carbocycles. The monoisotopic (exact) mass is 170 g/mol. The summed E-state index contributed by atoms with van der Waals surface area (Å²) in [4.78, 5) is 0. The number of nitrogens with zero attached hydrogens (tertiary/aromatic N) is 3. The van der Waals surface area contributed by atoms with Gasteiger partial charge in [-0.15, -0.1) is 10.2 Å². The van der Waals surface area contributed by atoms with Crippen LogP contribution in [0.1, 0.15) is 6.42 Å². The normalized spacial score (nSPS) is 29.4. The third-order valence-corrected chi connectivity index (χ3v) is 2.12. The Balaban J connectivity index is 2.02. The molecular weight excluding hydrogens is 159 g/mol. The van der Waals surface area contributed by atoms with Crippen molar-refractivity contribution < 1.29 is 4.39 Å². The van der Waals surface area contributed by atoms with Crippen LogP contribution >= 0.6 is 0 Å². The first-order valence-corrected chi connectivity index (χ1v) is 4.01. The molecule has 12 heavy (non-hydrogen) atoms. The zero-order valence-corrected chi connectivity index (χ0v) is 6.70. The van der Waals surface area contributed by atoms with Gasteiger partial charge in [0, 0.05) is 6.54 Å². The molecule has 1 atom stereocenters. The molecule has 2 heterocycles. The lowest BCUT2D eigenvalue weighted by atomic mass is 10.1. The molecule has 2 rings (SSSR count). The minimum absolute atomic E-state index is 0.354. The number of hydrogen-bond donors (Lipinski definition) is 1. The molecule has 0 bridgehead atoms. The van der Waals surface area contributed by atoms with Gasteiger partial charge >= 0.3 is 0 Å². The summed E-state index contributed by atoms with van der Waals surface area (Å²) in [7, 11) is 0. The van der Waals surface area contributed by atoms with Gasteiger partial charge in [-0.25, -0.2) is 4.39 Å². The Labute approximate surface area is 69.8 Å². The smallest absolute Gasteiger partial charge is 0.142 e. The molecule has 0 saturated carbocycles. The average molecular weight is 170 g/mol. The summed E-state index contributed by atoms with van der Waals surface area (Å²) in [5.41, 5.74) is -1.11. The Morgan fingerprint density at radius 1 is 1.50 bits per heavy atom. The van der Waals surface area contributed by atoms with Crippen molar-refractivity contribution in [3.8, 4) is 0 Å². The van der Waals surface area contributed by atoms with E-state index in [0.717, 1.165) is 6.54 Å². The zero-order chi connectivity index (χ0) is 8.44. The van der Waals surface area contributed by atoms with Gasteiger partial charge in [0.05, 0.1) is 6.54 Å². The molecule has 1 aromatic heterocycles. The number of rotatable bonds is 2. The summed E-state index contributed by atoms with van der Waals surface area (Å²) in [6.07, 6.45) is 3.66. The maximum atomic E-state index is 13.7. The molecular formula is C7H11FN4. The highest BCUT2D eigenvalue weighted by Gasteiger charge is 2.33. The first-order chi connectivity index (χ1) is 5.79. The molecule has 1 saturated heterocycles. The van der Waals surface area contributed by atoms with Crippen LogP contribution in [0, 0.1) is 0 Å². The highest BCUT2D eigenvalue weighted by molar-refractivity contribution is 4.88. The van der Waals surface area contributed by atoms with E-state index >= 15 is 0 Å². The minimum Gasteiger partial charge on any atom is -0.317 e. The Morgan fingerprint density at radius 3 is 2.83 bits per heavy atom. The summed E-state index contributed by atoms with van der Waals surface area (Å²) < 4.78 is 15.4. The molecule has 0 spiro atoms. The molecule has 0 amide bonds. The predicted octanol–water partition coefficient (Wildman–Crippen LogP) is -0.0203. The third kappa shape index (κ3) is 1.45. The number of hydrogen-bond acceptors (Lipinski definition) is 3. The molecule has 1 fully saturated rings. The predicted molar refractivity (Wildman–Crippen MR) is 41.3 cm³/mol. The van der Waals surface area contributed by atoms with Gasteiger partial charge in [-0.2, -0.15) is 0 Å². The fourth-order valence-electron chi connectivity index (χ4n) is 1.48. The van der Waals surface area contributed by atoms with Crippen LogP contribution in [0.5, 0.6) is 0 Å². The summed E-state index contributed by atoms with van der Waals surface area (Å²) in [5, 5.41) is 10.2. The van der Waals surface area contributed by atoms with E-state index in [2.05, 4.69) is 15.5 Å². The fourth-order valence-corrected chi connectivity index (χ4v) is 1.48. The highest BCUT2D eigenvalue weighted by Crippen LogP contribution is 2.21. The zero-order valence-electron chi connectivity index (χ0n) is 6.70. The van der Waals surface area contributed by atoms with Crippen LogP contribution in [0.15, 0.2) is 12.7 Å². The molecule has 5 heteroatoms. The van der Waals surface area contributed by atoms with Crippen molar-refractivity contribution in [3.63, 3.8) is 0 Å². The van der Waals surface area contributed by atoms with Gasteiger partial charge in [0.2, 0.25) is 0 Å². The Kier molecular flexibility index (Phi) is 1.80. The maximum Gasteiger partial charge on any atom is 0.142 e. The van der Waals surface area contributed by atoms with Crippen molar-refractivity contribution in [2.24, 2.45) is 0 Å². The lowest BCUT2D eigenvalue weighted by Gasteiger charge is -2.17. The van der Waals surface area contributed by atoms with E-state index in [1.165, 1.54) is 0 Å². The van der Waals surface area contributed by atoms with Gasteiger partial charge in [0.1, 0.15) is 18.3 Å². The van der Waals surface area contributed by atoms with E-state index in [9.17, 15) is 4.39 Å². The molecule has 0 radical (unpaired) electrons. The molecule has 1 aromatic rings. The van der Waals surface area contributed by atoms with E-state index in [-0.39, 0.29) is 0 Å². The second-order valence-electron chi connectivity index (χ2n) is 3.21. The number of nitrogens with one attached hydrogen (secondary N) is 1. The molecule has 66 valence electrons. The van der Waals surface area contributed by atoms with Gasteiger partial charge in [0.15, 0.2) is 0 Å². The first-order valence-electron chi connectivity index (χ1n) is 4.01. The minimum atomic E-state index is -1.11.